The maximum absolute atomic E-state index is 12.4. The molecule has 0 radical (unpaired) electrons. The summed E-state index contributed by atoms with van der Waals surface area (Å²) in [5, 5.41) is 2.48. The molecule has 8 nitrogen and oxygen atoms in total. The van der Waals surface area contributed by atoms with E-state index in [0.717, 1.165) is 23.7 Å². The van der Waals surface area contributed by atoms with Crippen molar-refractivity contribution < 1.29 is 23.9 Å². The number of methoxy groups -OCH3 is 2. The van der Waals surface area contributed by atoms with Gasteiger partial charge in [0.2, 0.25) is 0 Å². The largest absolute Gasteiger partial charge is 0.496 e. The Kier molecular flexibility index (Phi) is 5.11. The number of nitrogens with one attached hydrogen (secondary N) is 1. The van der Waals surface area contributed by atoms with E-state index in [4.69, 9.17) is 4.74 Å². The predicted octanol–water partition coefficient (Wildman–Crippen LogP) is 1.36. The molecule has 138 valence electrons. The van der Waals surface area contributed by atoms with Crippen LogP contribution in [0.2, 0.25) is 0 Å². The SMILES string of the molecule is COC(=O)CN1C(=O)N/C(=C/c2ccc(N3CCCC3)cc2OC)C1=O. The Morgan fingerprint density at radius 3 is 2.62 bits per heavy atom. The second kappa shape index (κ2) is 7.47. The standard InChI is InChI=1S/C18H21N3O5/c1-25-15-10-13(20-7-3-4-8-20)6-5-12(15)9-14-17(23)21(18(24)19-14)11-16(22)26-2/h5-6,9-10H,3-4,7-8,11H2,1-2H3,(H,19,24)/b14-9+. The quantitative estimate of drug-likeness (QED) is 0.485. The van der Waals surface area contributed by atoms with Gasteiger partial charge in [-0.05, 0) is 31.1 Å². The van der Waals surface area contributed by atoms with Crippen LogP contribution in [0, 0.1) is 0 Å². The summed E-state index contributed by atoms with van der Waals surface area (Å²) in [5.74, 6) is -0.635. The van der Waals surface area contributed by atoms with Crippen LogP contribution in [0.1, 0.15) is 18.4 Å². The highest BCUT2D eigenvalue weighted by molar-refractivity contribution is 6.15. The number of anilines is 1. The number of urea groups is 1. The molecule has 3 amide bonds. The Labute approximate surface area is 151 Å². The van der Waals surface area contributed by atoms with E-state index < -0.39 is 24.5 Å². The molecule has 8 heteroatoms. The molecule has 2 fully saturated rings. The summed E-state index contributed by atoms with van der Waals surface area (Å²) in [6.45, 7) is 1.60. The predicted molar refractivity (Wildman–Crippen MR) is 94.7 cm³/mol. The van der Waals surface area contributed by atoms with Crippen molar-refractivity contribution in [3.8, 4) is 5.75 Å². The zero-order valence-electron chi connectivity index (χ0n) is 14.8. The van der Waals surface area contributed by atoms with Crippen molar-refractivity contribution in [1.82, 2.24) is 10.2 Å². The summed E-state index contributed by atoms with van der Waals surface area (Å²) in [4.78, 5) is 38.7. The Morgan fingerprint density at radius 2 is 1.96 bits per heavy atom. The maximum atomic E-state index is 12.4. The van der Waals surface area contributed by atoms with Gasteiger partial charge in [0.25, 0.3) is 5.91 Å². The lowest BCUT2D eigenvalue weighted by atomic mass is 10.1. The van der Waals surface area contributed by atoms with Crippen LogP contribution in [-0.4, -0.2) is 56.7 Å². The van der Waals surface area contributed by atoms with Gasteiger partial charge in [-0.1, -0.05) is 0 Å². The number of benzene rings is 1. The van der Waals surface area contributed by atoms with E-state index in [2.05, 4.69) is 15.0 Å². The van der Waals surface area contributed by atoms with E-state index in [-0.39, 0.29) is 5.70 Å². The van der Waals surface area contributed by atoms with Crippen molar-refractivity contribution in [3.63, 3.8) is 0 Å². The van der Waals surface area contributed by atoms with Crippen LogP contribution in [0.3, 0.4) is 0 Å². The average molecular weight is 359 g/mol. The van der Waals surface area contributed by atoms with Crippen LogP contribution >= 0.6 is 0 Å². The topological polar surface area (TPSA) is 88.2 Å². The van der Waals surface area contributed by atoms with Gasteiger partial charge in [-0.3, -0.25) is 9.59 Å². The zero-order chi connectivity index (χ0) is 18.7. The molecule has 0 spiro atoms. The second-order valence-electron chi connectivity index (χ2n) is 6.08. The monoisotopic (exact) mass is 359 g/mol. The fourth-order valence-corrected chi connectivity index (χ4v) is 3.06. The molecular formula is C18H21N3O5. The molecular weight excluding hydrogens is 338 g/mol. The first-order chi connectivity index (χ1) is 12.5. The van der Waals surface area contributed by atoms with Crippen LogP contribution in [0.4, 0.5) is 10.5 Å². The third kappa shape index (κ3) is 3.49. The number of amides is 3. The molecule has 0 saturated carbocycles. The number of esters is 1. The molecule has 1 aromatic carbocycles. The van der Waals surface area contributed by atoms with Gasteiger partial charge in [0, 0.05) is 30.4 Å². The normalized spacial score (nSPS) is 18.5. The highest BCUT2D eigenvalue weighted by Crippen LogP contribution is 2.29. The number of carbonyl (C=O) groups is 3. The minimum atomic E-state index is -0.665. The lowest BCUT2D eigenvalue weighted by Gasteiger charge is -2.19. The van der Waals surface area contributed by atoms with Crippen LogP contribution in [0.25, 0.3) is 6.08 Å². The van der Waals surface area contributed by atoms with Gasteiger partial charge in [-0.2, -0.15) is 0 Å². The number of nitrogens with zero attached hydrogens (tertiary/aromatic N) is 2. The van der Waals surface area contributed by atoms with Crippen molar-refractivity contribution >= 4 is 29.7 Å². The molecule has 2 aliphatic rings. The fraction of sp³-hybridized carbons (Fsp3) is 0.389. The molecule has 0 aromatic heterocycles. The summed E-state index contributed by atoms with van der Waals surface area (Å²) in [6, 6.07) is 5.08. The van der Waals surface area contributed by atoms with E-state index in [1.54, 1.807) is 13.2 Å². The van der Waals surface area contributed by atoms with Crippen molar-refractivity contribution in [3.05, 3.63) is 29.5 Å². The van der Waals surface area contributed by atoms with E-state index in [0.29, 0.717) is 11.3 Å². The van der Waals surface area contributed by atoms with Crippen molar-refractivity contribution in [2.24, 2.45) is 0 Å². The number of hydrogen-bond acceptors (Lipinski definition) is 6. The minimum Gasteiger partial charge on any atom is -0.496 e. The van der Waals surface area contributed by atoms with Crippen LogP contribution in [0.15, 0.2) is 23.9 Å². The maximum Gasteiger partial charge on any atom is 0.329 e. The molecule has 0 unspecified atom stereocenters. The second-order valence-corrected chi connectivity index (χ2v) is 6.08. The molecule has 1 aromatic rings. The van der Waals surface area contributed by atoms with Gasteiger partial charge in [-0.15, -0.1) is 0 Å². The van der Waals surface area contributed by atoms with E-state index >= 15 is 0 Å². The summed E-state index contributed by atoms with van der Waals surface area (Å²) < 4.78 is 9.95. The summed E-state index contributed by atoms with van der Waals surface area (Å²) in [6.07, 6.45) is 3.89. The first-order valence-corrected chi connectivity index (χ1v) is 8.38. The molecule has 2 heterocycles. The molecule has 2 saturated heterocycles. The molecule has 1 N–H and O–H groups in total. The number of imide groups is 1. The highest BCUT2D eigenvalue weighted by atomic mass is 16.5. The zero-order valence-corrected chi connectivity index (χ0v) is 14.8. The van der Waals surface area contributed by atoms with Gasteiger partial charge in [0.1, 0.15) is 18.0 Å². The number of rotatable bonds is 5. The lowest BCUT2D eigenvalue weighted by molar-refractivity contribution is -0.143. The van der Waals surface area contributed by atoms with E-state index in [1.807, 2.05) is 18.2 Å². The van der Waals surface area contributed by atoms with Gasteiger partial charge in [0.15, 0.2) is 0 Å². The Morgan fingerprint density at radius 1 is 1.23 bits per heavy atom. The first kappa shape index (κ1) is 17.8. The Bertz CT molecular complexity index is 768. The van der Waals surface area contributed by atoms with Gasteiger partial charge in [-0.25, -0.2) is 9.69 Å². The molecule has 3 rings (SSSR count). The third-order valence-electron chi connectivity index (χ3n) is 4.47. The molecule has 0 aliphatic carbocycles. The van der Waals surface area contributed by atoms with Crippen molar-refractivity contribution in [2.45, 2.75) is 12.8 Å². The van der Waals surface area contributed by atoms with Crippen molar-refractivity contribution in [2.75, 3.05) is 38.8 Å². The van der Waals surface area contributed by atoms with E-state index in [9.17, 15) is 14.4 Å². The van der Waals surface area contributed by atoms with Gasteiger partial charge >= 0.3 is 12.0 Å². The van der Waals surface area contributed by atoms with Gasteiger partial charge < -0.3 is 19.7 Å². The third-order valence-corrected chi connectivity index (χ3v) is 4.47. The minimum absolute atomic E-state index is 0.0890. The molecule has 26 heavy (non-hydrogen) atoms. The average Bonchev–Trinajstić information content (AvgIpc) is 3.27. The van der Waals surface area contributed by atoms with Crippen LogP contribution in [0.5, 0.6) is 5.75 Å². The van der Waals surface area contributed by atoms with Gasteiger partial charge in [0.05, 0.1) is 14.2 Å². The van der Waals surface area contributed by atoms with Crippen LogP contribution < -0.4 is 15.0 Å². The number of carbonyl (C=O) groups excluding carboxylic acids is 3. The first-order valence-electron chi connectivity index (χ1n) is 8.38. The fourth-order valence-electron chi connectivity index (χ4n) is 3.06. The smallest absolute Gasteiger partial charge is 0.329 e. The lowest BCUT2D eigenvalue weighted by Crippen LogP contribution is -2.36. The Balaban J connectivity index is 1.83. The number of ether oxygens (including phenoxy) is 2. The summed E-state index contributed by atoms with van der Waals surface area (Å²) >= 11 is 0. The number of hydrogen-bond donors (Lipinski definition) is 1. The summed E-state index contributed by atoms with van der Waals surface area (Å²) in [7, 11) is 2.76. The highest BCUT2D eigenvalue weighted by Gasteiger charge is 2.35. The molecule has 0 bridgehead atoms. The molecule has 0 atom stereocenters. The van der Waals surface area contributed by atoms with Crippen molar-refractivity contribution in [1.29, 1.82) is 0 Å². The van der Waals surface area contributed by atoms with Crippen LogP contribution in [-0.2, 0) is 14.3 Å². The summed E-state index contributed by atoms with van der Waals surface area (Å²) in [5.41, 5.74) is 1.82. The Hall–Kier alpha value is -3.03. The van der Waals surface area contributed by atoms with E-state index in [1.165, 1.54) is 20.0 Å². The molecule has 2 aliphatic heterocycles.